The van der Waals surface area contributed by atoms with Gasteiger partial charge >= 0.3 is 0 Å². The number of hydrogen-bond acceptors (Lipinski definition) is 6. The molecule has 2 N–H and O–H groups in total. The van der Waals surface area contributed by atoms with Crippen molar-refractivity contribution >= 4 is 23.1 Å². The number of aromatic nitrogens is 3. The summed E-state index contributed by atoms with van der Waals surface area (Å²) in [5.41, 5.74) is 2.59. The molecule has 6 nitrogen and oxygen atoms in total. The molecule has 3 rings (SSSR count). The molecule has 0 aliphatic rings. The number of hydrogen-bond donors (Lipinski definition) is 2. The summed E-state index contributed by atoms with van der Waals surface area (Å²) in [7, 11) is 0. The molecule has 25 heavy (non-hydrogen) atoms. The third-order valence-corrected chi connectivity index (χ3v) is 3.60. The average molecular weight is 333 g/mol. The smallest absolute Gasteiger partial charge is 0.159 e. The van der Waals surface area contributed by atoms with Crippen molar-refractivity contribution in [1.82, 2.24) is 15.0 Å². The zero-order valence-electron chi connectivity index (χ0n) is 14.2. The third kappa shape index (κ3) is 4.60. The van der Waals surface area contributed by atoms with Gasteiger partial charge in [0.05, 0.1) is 0 Å². The van der Waals surface area contributed by atoms with Crippen molar-refractivity contribution in [2.75, 3.05) is 10.6 Å². The lowest BCUT2D eigenvalue weighted by Crippen LogP contribution is -2.05. The van der Waals surface area contributed by atoms with Gasteiger partial charge in [0.1, 0.15) is 17.5 Å². The predicted molar refractivity (Wildman–Crippen MR) is 98.1 cm³/mol. The van der Waals surface area contributed by atoms with Crippen LogP contribution in [-0.4, -0.2) is 20.7 Å². The number of anilines is 3. The van der Waals surface area contributed by atoms with Gasteiger partial charge in [0.25, 0.3) is 0 Å². The molecule has 0 saturated heterocycles. The first-order valence-corrected chi connectivity index (χ1v) is 7.96. The van der Waals surface area contributed by atoms with E-state index in [-0.39, 0.29) is 5.78 Å². The van der Waals surface area contributed by atoms with E-state index in [9.17, 15) is 4.79 Å². The topological polar surface area (TPSA) is 79.8 Å². The van der Waals surface area contributed by atoms with Gasteiger partial charge in [0.2, 0.25) is 0 Å². The molecule has 0 aliphatic carbocycles. The molecule has 2 heterocycles. The van der Waals surface area contributed by atoms with Crippen LogP contribution < -0.4 is 10.6 Å². The van der Waals surface area contributed by atoms with Crippen LogP contribution in [0.2, 0.25) is 0 Å². The molecule has 0 radical (unpaired) electrons. The summed E-state index contributed by atoms with van der Waals surface area (Å²) in [4.78, 5) is 24.3. The zero-order valence-corrected chi connectivity index (χ0v) is 14.2. The minimum atomic E-state index is 0.0298. The fourth-order valence-electron chi connectivity index (χ4n) is 2.38. The van der Waals surface area contributed by atoms with E-state index in [2.05, 4.69) is 25.6 Å². The van der Waals surface area contributed by atoms with Crippen molar-refractivity contribution in [3.63, 3.8) is 0 Å². The molecule has 0 spiro atoms. The molecule has 2 aromatic heterocycles. The van der Waals surface area contributed by atoms with E-state index in [1.807, 2.05) is 43.3 Å². The maximum atomic E-state index is 11.5. The number of rotatable bonds is 6. The minimum absolute atomic E-state index is 0.0298. The maximum Gasteiger partial charge on any atom is 0.159 e. The molecule has 0 bridgehead atoms. The Kier molecular flexibility index (Phi) is 4.99. The van der Waals surface area contributed by atoms with Crippen LogP contribution in [0.25, 0.3) is 0 Å². The van der Waals surface area contributed by atoms with Gasteiger partial charge in [-0.2, -0.15) is 0 Å². The summed E-state index contributed by atoms with van der Waals surface area (Å²) in [5.74, 6) is 2.09. The van der Waals surface area contributed by atoms with Gasteiger partial charge in [-0.15, -0.1) is 0 Å². The highest BCUT2D eigenvalue weighted by atomic mass is 16.1. The van der Waals surface area contributed by atoms with Crippen molar-refractivity contribution in [1.29, 1.82) is 0 Å². The average Bonchev–Trinajstić information content (AvgIpc) is 2.60. The van der Waals surface area contributed by atoms with Crippen LogP contribution >= 0.6 is 0 Å². The fraction of sp³-hybridized carbons (Fsp3) is 0.158. The second-order valence-electron chi connectivity index (χ2n) is 5.66. The number of carbonyl (C=O) groups excluding carboxylic acids is 1. The van der Waals surface area contributed by atoms with Crippen LogP contribution in [0.4, 0.5) is 17.3 Å². The number of nitrogens with one attached hydrogen (secondary N) is 2. The maximum absolute atomic E-state index is 11.5. The van der Waals surface area contributed by atoms with E-state index < -0.39 is 0 Å². The van der Waals surface area contributed by atoms with Crippen LogP contribution in [0.1, 0.15) is 28.7 Å². The van der Waals surface area contributed by atoms with Crippen molar-refractivity contribution in [3.8, 4) is 0 Å². The molecular weight excluding hydrogens is 314 g/mol. The first-order valence-electron chi connectivity index (χ1n) is 7.96. The molecule has 1 aromatic carbocycles. The molecule has 6 heteroatoms. The standard InChI is InChI=1S/C19H19N5O/c1-13(25)16-4-3-5-17(10-16)24-19-11-18(22-14(2)23-19)21-12-15-6-8-20-9-7-15/h3-11H,12H2,1-2H3,(H2,21,22,23,24). The van der Waals surface area contributed by atoms with Gasteiger partial charge in [-0.1, -0.05) is 12.1 Å². The third-order valence-electron chi connectivity index (χ3n) is 3.60. The van der Waals surface area contributed by atoms with E-state index >= 15 is 0 Å². The second-order valence-corrected chi connectivity index (χ2v) is 5.66. The predicted octanol–water partition coefficient (Wildman–Crippen LogP) is 3.74. The summed E-state index contributed by atoms with van der Waals surface area (Å²) in [6.07, 6.45) is 3.52. The largest absolute Gasteiger partial charge is 0.366 e. The fourth-order valence-corrected chi connectivity index (χ4v) is 2.38. The van der Waals surface area contributed by atoms with Crippen LogP contribution in [0, 0.1) is 6.92 Å². The Hall–Kier alpha value is -3.28. The van der Waals surface area contributed by atoms with E-state index in [0.717, 1.165) is 17.1 Å². The van der Waals surface area contributed by atoms with Crippen LogP contribution in [0.15, 0.2) is 54.9 Å². The summed E-state index contributed by atoms with van der Waals surface area (Å²) in [6, 6.07) is 13.1. The van der Waals surface area contributed by atoms with Gasteiger partial charge in [-0.05, 0) is 43.7 Å². The van der Waals surface area contributed by atoms with Gasteiger partial charge in [0.15, 0.2) is 5.78 Å². The number of pyridine rings is 1. The Bertz CT molecular complexity index is 880. The van der Waals surface area contributed by atoms with Crippen LogP contribution in [-0.2, 0) is 6.54 Å². The van der Waals surface area contributed by atoms with Gasteiger partial charge in [-0.3, -0.25) is 9.78 Å². The van der Waals surface area contributed by atoms with Crippen molar-refractivity contribution in [3.05, 3.63) is 71.8 Å². The van der Waals surface area contributed by atoms with Crippen molar-refractivity contribution < 1.29 is 4.79 Å². The van der Waals surface area contributed by atoms with Crippen LogP contribution in [0.3, 0.4) is 0 Å². The lowest BCUT2D eigenvalue weighted by Gasteiger charge is -2.11. The number of aryl methyl sites for hydroxylation is 1. The highest BCUT2D eigenvalue weighted by Crippen LogP contribution is 2.19. The minimum Gasteiger partial charge on any atom is -0.366 e. The lowest BCUT2D eigenvalue weighted by molar-refractivity contribution is 0.101. The lowest BCUT2D eigenvalue weighted by atomic mass is 10.1. The number of ketones is 1. The van der Waals surface area contributed by atoms with Gasteiger partial charge in [-0.25, -0.2) is 9.97 Å². The number of nitrogens with zero attached hydrogens (tertiary/aromatic N) is 3. The molecular formula is C19H19N5O. The monoisotopic (exact) mass is 333 g/mol. The first-order chi connectivity index (χ1) is 12.1. The molecule has 0 saturated carbocycles. The molecule has 126 valence electrons. The molecule has 0 unspecified atom stereocenters. The molecule has 0 amide bonds. The summed E-state index contributed by atoms with van der Waals surface area (Å²) in [5, 5.41) is 6.51. The molecule has 3 aromatic rings. The first kappa shape index (κ1) is 16.6. The normalized spacial score (nSPS) is 10.3. The number of carbonyl (C=O) groups is 1. The van der Waals surface area contributed by atoms with Crippen molar-refractivity contribution in [2.45, 2.75) is 20.4 Å². The molecule has 0 aliphatic heterocycles. The Balaban J connectivity index is 1.75. The highest BCUT2D eigenvalue weighted by Gasteiger charge is 2.05. The molecule has 0 atom stereocenters. The zero-order chi connectivity index (χ0) is 17.6. The Morgan fingerprint density at radius 2 is 1.80 bits per heavy atom. The number of benzene rings is 1. The van der Waals surface area contributed by atoms with E-state index in [1.54, 1.807) is 25.4 Å². The summed E-state index contributed by atoms with van der Waals surface area (Å²) < 4.78 is 0. The Morgan fingerprint density at radius 3 is 2.56 bits per heavy atom. The SMILES string of the molecule is CC(=O)c1cccc(Nc2cc(NCc3ccncc3)nc(C)n2)c1. The van der Waals surface area contributed by atoms with E-state index in [1.165, 1.54) is 0 Å². The number of Topliss-reactive ketones (excluding diaryl/α,β-unsaturated/α-hetero) is 1. The summed E-state index contributed by atoms with van der Waals surface area (Å²) >= 11 is 0. The van der Waals surface area contributed by atoms with Gasteiger partial charge < -0.3 is 10.6 Å². The van der Waals surface area contributed by atoms with Crippen LogP contribution in [0.5, 0.6) is 0 Å². The summed E-state index contributed by atoms with van der Waals surface area (Å²) in [6.45, 7) is 4.04. The van der Waals surface area contributed by atoms with E-state index in [0.29, 0.717) is 23.8 Å². The van der Waals surface area contributed by atoms with Crippen molar-refractivity contribution in [2.24, 2.45) is 0 Å². The Labute approximate surface area is 146 Å². The quantitative estimate of drug-likeness (QED) is 0.669. The highest BCUT2D eigenvalue weighted by molar-refractivity contribution is 5.95. The van der Waals surface area contributed by atoms with E-state index in [4.69, 9.17) is 0 Å². The second kappa shape index (κ2) is 7.53. The van der Waals surface area contributed by atoms with Gasteiger partial charge in [0, 0.05) is 36.3 Å². The Morgan fingerprint density at radius 1 is 1.04 bits per heavy atom. The molecule has 0 fully saturated rings.